The number of amides is 1. The number of hydrogen-bond acceptors (Lipinski definition) is 4. The lowest BCUT2D eigenvalue weighted by Crippen LogP contribution is -2.40. The Labute approximate surface area is 116 Å². The summed E-state index contributed by atoms with van der Waals surface area (Å²) in [5, 5.41) is 2.78. The average molecular weight is 273 g/mol. The molecule has 1 amide bonds. The van der Waals surface area contributed by atoms with Crippen molar-refractivity contribution in [2.75, 3.05) is 13.2 Å². The molecule has 1 aliphatic rings. The molecule has 1 unspecified atom stereocenters. The smallest absolute Gasteiger partial charge is 0.287 e. The first kappa shape index (κ1) is 12.6. The van der Waals surface area contributed by atoms with E-state index in [1.807, 2.05) is 24.3 Å². The fraction of sp³-hybridized carbons (Fsp3) is 0.267. The average Bonchev–Trinajstić information content (AvgIpc) is 2.91. The van der Waals surface area contributed by atoms with E-state index < -0.39 is 0 Å². The molecule has 3 rings (SSSR count). The van der Waals surface area contributed by atoms with Crippen molar-refractivity contribution in [1.82, 2.24) is 5.32 Å². The van der Waals surface area contributed by atoms with Gasteiger partial charge in [-0.1, -0.05) is 12.1 Å². The molecule has 5 heteroatoms. The van der Waals surface area contributed by atoms with Crippen LogP contribution in [0, 0.1) is 6.92 Å². The van der Waals surface area contributed by atoms with Crippen LogP contribution in [0.1, 0.15) is 16.3 Å². The van der Waals surface area contributed by atoms with Gasteiger partial charge in [0.1, 0.15) is 18.5 Å². The van der Waals surface area contributed by atoms with Crippen molar-refractivity contribution in [2.45, 2.75) is 13.0 Å². The number of para-hydroxylation sites is 2. The number of fused-ring (bicyclic) bond motifs is 1. The topological polar surface area (TPSA) is 60.7 Å². The van der Waals surface area contributed by atoms with E-state index in [0.29, 0.717) is 30.4 Å². The zero-order valence-electron chi connectivity index (χ0n) is 11.1. The van der Waals surface area contributed by atoms with Crippen LogP contribution in [0.15, 0.2) is 40.8 Å². The third-order valence-electron chi connectivity index (χ3n) is 3.02. The summed E-state index contributed by atoms with van der Waals surface area (Å²) in [5.41, 5.74) is 0. The molecule has 20 heavy (non-hydrogen) atoms. The van der Waals surface area contributed by atoms with Crippen LogP contribution in [-0.2, 0) is 0 Å². The molecule has 0 radical (unpaired) electrons. The second-order valence-corrected chi connectivity index (χ2v) is 4.62. The second-order valence-electron chi connectivity index (χ2n) is 4.62. The zero-order valence-corrected chi connectivity index (χ0v) is 11.1. The Morgan fingerprint density at radius 2 is 2.05 bits per heavy atom. The van der Waals surface area contributed by atoms with Crippen molar-refractivity contribution in [3.63, 3.8) is 0 Å². The highest BCUT2D eigenvalue weighted by Gasteiger charge is 2.21. The van der Waals surface area contributed by atoms with Gasteiger partial charge in [0, 0.05) is 0 Å². The fourth-order valence-corrected chi connectivity index (χ4v) is 2.01. The fourth-order valence-electron chi connectivity index (χ4n) is 2.01. The van der Waals surface area contributed by atoms with E-state index in [4.69, 9.17) is 13.9 Å². The lowest BCUT2D eigenvalue weighted by Gasteiger charge is -2.26. The highest BCUT2D eigenvalue weighted by atomic mass is 16.6. The highest BCUT2D eigenvalue weighted by molar-refractivity contribution is 5.91. The van der Waals surface area contributed by atoms with E-state index in [1.54, 1.807) is 19.1 Å². The van der Waals surface area contributed by atoms with Gasteiger partial charge >= 0.3 is 0 Å². The molecule has 2 aromatic rings. The summed E-state index contributed by atoms with van der Waals surface area (Å²) in [7, 11) is 0. The Balaban J connectivity index is 1.56. The second kappa shape index (κ2) is 5.28. The Morgan fingerprint density at radius 1 is 1.25 bits per heavy atom. The molecule has 2 heterocycles. The van der Waals surface area contributed by atoms with Crippen LogP contribution in [0.2, 0.25) is 0 Å². The number of aryl methyl sites for hydroxylation is 1. The van der Waals surface area contributed by atoms with E-state index in [-0.39, 0.29) is 12.0 Å². The van der Waals surface area contributed by atoms with Gasteiger partial charge in [0.2, 0.25) is 0 Å². The summed E-state index contributed by atoms with van der Waals surface area (Å²) in [6.45, 7) is 2.58. The van der Waals surface area contributed by atoms with Gasteiger partial charge in [-0.2, -0.15) is 0 Å². The van der Waals surface area contributed by atoms with Crippen molar-refractivity contribution in [3.8, 4) is 11.5 Å². The van der Waals surface area contributed by atoms with E-state index in [9.17, 15) is 4.79 Å². The van der Waals surface area contributed by atoms with Crippen LogP contribution in [0.5, 0.6) is 11.5 Å². The largest absolute Gasteiger partial charge is 0.486 e. The summed E-state index contributed by atoms with van der Waals surface area (Å²) in [6, 6.07) is 10.9. The first-order chi connectivity index (χ1) is 9.72. The first-order valence-corrected chi connectivity index (χ1v) is 6.45. The summed E-state index contributed by atoms with van der Waals surface area (Å²) in [4.78, 5) is 11.8. The maximum Gasteiger partial charge on any atom is 0.287 e. The summed E-state index contributed by atoms with van der Waals surface area (Å²) < 4.78 is 16.6. The molecule has 1 aromatic heterocycles. The summed E-state index contributed by atoms with van der Waals surface area (Å²) in [5.74, 6) is 2.20. The Morgan fingerprint density at radius 3 is 2.80 bits per heavy atom. The Bertz CT molecular complexity index is 620. The predicted molar refractivity (Wildman–Crippen MR) is 72.1 cm³/mol. The minimum Gasteiger partial charge on any atom is -0.486 e. The Kier molecular flexibility index (Phi) is 3.33. The quantitative estimate of drug-likeness (QED) is 0.931. The molecule has 0 saturated carbocycles. The van der Waals surface area contributed by atoms with Crippen molar-refractivity contribution < 1.29 is 18.7 Å². The molecule has 1 aromatic carbocycles. The third-order valence-corrected chi connectivity index (χ3v) is 3.02. The number of hydrogen-bond donors (Lipinski definition) is 1. The van der Waals surface area contributed by atoms with Gasteiger partial charge in [0.15, 0.2) is 17.3 Å². The van der Waals surface area contributed by atoms with Gasteiger partial charge in [-0.15, -0.1) is 0 Å². The van der Waals surface area contributed by atoms with Crippen molar-refractivity contribution in [2.24, 2.45) is 0 Å². The minimum absolute atomic E-state index is 0.204. The van der Waals surface area contributed by atoms with Crippen LogP contribution < -0.4 is 14.8 Å². The molecule has 104 valence electrons. The van der Waals surface area contributed by atoms with Gasteiger partial charge in [-0.3, -0.25) is 4.79 Å². The lowest BCUT2D eigenvalue weighted by atomic mass is 10.2. The normalized spacial score (nSPS) is 16.8. The SMILES string of the molecule is Cc1ccc(C(=O)NCC2COc3ccccc3O2)o1. The molecule has 0 saturated heterocycles. The summed E-state index contributed by atoms with van der Waals surface area (Å²) >= 11 is 0. The van der Waals surface area contributed by atoms with Crippen LogP contribution in [0.4, 0.5) is 0 Å². The van der Waals surface area contributed by atoms with E-state index in [2.05, 4.69) is 5.32 Å². The predicted octanol–water partition coefficient (Wildman–Crippen LogP) is 2.16. The van der Waals surface area contributed by atoms with Gasteiger partial charge in [0.25, 0.3) is 5.91 Å². The molecule has 0 fully saturated rings. The molecule has 1 N–H and O–H groups in total. The van der Waals surface area contributed by atoms with Crippen molar-refractivity contribution in [3.05, 3.63) is 47.9 Å². The molecular weight excluding hydrogens is 258 g/mol. The van der Waals surface area contributed by atoms with Crippen LogP contribution in [0.3, 0.4) is 0 Å². The van der Waals surface area contributed by atoms with Gasteiger partial charge in [0.05, 0.1) is 6.54 Å². The monoisotopic (exact) mass is 273 g/mol. The zero-order chi connectivity index (χ0) is 13.9. The number of rotatable bonds is 3. The first-order valence-electron chi connectivity index (χ1n) is 6.45. The maximum atomic E-state index is 11.8. The number of furan rings is 1. The molecule has 0 aliphatic carbocycles. The standard InChI is InChI=1S/C15H15NO4/c1-10-6-7-14(19-10)15(17)16-8-11-9-18-12-4-2-3-5-13(12)20-11/h2-7,11H,8-9H2,1H3,(H,16,17). The van der Waals surface area contributed by atoms with Gasteiger partial charge in [-0.25, -0.2) is 0 Å². The van der Waals surface area contributed by atoms with E-state index >= 15 is 0 Å². The van der Waals surface area contributed by atoms with Crippen molar-refractivity contribution >= 4 is 5.91 Å². The number of carbonyl (C=O) groups excluding carboxylic acids is 1. The van der Waals surface area contributed by atoms with Crippen LogP contribution in [0.25, 0.3) is 0 Å². The molecule has 0 bridgehead atoms. The van der Waals surface area contributed by atoms with E-state index in [1.165, 1.54) is 0 Å². The number of ether oxygens (including phenoxy) is 2. The number of benzene rings is 1. The molecular formula is C15H15NO4. The maximum absolute atomic E-state index is 11.8. The Hall–Kier alpha value is -2.43. The third kappa shape index (κ3) is 2.61. The lowest BCUT2D eigenvalue weighted by molar-refractivity contribution is 0.0772. The molecule has 1 atom stereocenters. The number of carbonyl (C=O) groups is 1. The van der Waals surface area contributed by atoms with Gasteiger partial charge in [-0.05, 0) is 31.2 Å². The minimum atomic E-state index is -0.249. The number of nitrogens with one attached hydrogen (secondary N) is 1. The van der Waals surface area contributed by atoms with Crippen LogP contribution in [-0.4, -0.2) is 25.2 Å². The summed E-state index contributed by atoms with van der Waals surface area (Å²) in [6.07, 6.45) is -0.204. The molecule has 1 aliphatic heterocycles. The van der Waals surface area contributed by atoms with Crippen molar-refractivity contribution in [1.29, 1.82) is 0 Å². The van der Waals surface area contributed by atoms with Gasteiger partial charge < -0.3 is 19.2 Å². The van der Waals surface area contributed by atoms with Crippen LogP contribution >= 0.6 is 0 Å². The molecule has 0 spiro atoms. The molecule has 5 nitrogen and oxygen atoms in total. The highest BCUT2D eigenvalue weighted by Crippen LogP contribution is 2.30. The van der Waals surface area contributed by atoms with E-state index in [0.717, 1.165) is 5.75 Å².